The van der Waals surface area contributed by atoms with Crippen LogP contribution in [0.4, 0.5) is 0 Å². The number of guanidine groups is 1. The van der Waals surface area contributed by atoms with Crippen LogP contribution in [0.25, 0.3) is 0 Å². The highest BCUT2D eigenvalue weighted by Crippen LogP contribution is 2.16. The Labute approximate surface area is 178 Å². The molecule has 3 aromatic rings. The van der Waals surface area contributed by atoms with Gasteiger partial charge in [-0.1, -0.05) is 24.3 Å². The van der Waals surface area contributed by atoms with Crippen LogP contribution in [0.1, 0.15) is 29.7 Å². The lowest BCUT2D eigenvalue weighted by atomic mass is 10.1. The van der Waals surface area contributed by atoms with Crippen molar-refractivity contribution in [3.8, 4) is 0 Å². The second-order valence-corrected chi connectivity index (χ2v) is 7.48. The first-order chi connectivity index (χ1) is 14.6. The smallest absolute Gasteiger partial charge is 0.191 e. The van der Waals surface area contributed by atoms with E-state index in [0.717, 1.165) is 25.6 Å². The number of aromatic nitrogens is 4. The molecule has 0 radical (unpaired) electrons. The minimum atomic E-state index is 0.203. The predicted octanol–water partition coefficient (Wildman–Crippen LogP) is 2.02. The fourth-order valence-corrected chi connectivity index (χ4v) is 3.34. The van der Waals surface area contributed by atoms with E-state index in [9.17, 15) is 0 Å². The van der Waals surface area contributed by atoms with Crippen molar-refractivity contribution in [2.75, 3.05) is 27.2 Å². The SMILES string of the molecule is CCNC(=NCc1ccccc1Cn1cccn1)NCC(c1cnn(C)c1)N(C)C. The molecule has 0 saturated heterocycles. The van der Waals surface area contributed by atoms with Gasteiger partial charge in [0.1, 0.15) is 0 Å². The van der Waals surface area contributed by atoms with Crippen molar-refractivity contribution in [1.82, 2.24) is 35.1 Å². The number of rotatable bonds is 9. The third kappa shape index (κ3) is 5.93. The Hall–Kier alpha value is -3.13. The summed E-state index contributed by atoms with van der Waals surface area (Å²) >= 11 is 0. The van der Waals surface area contributed by atoms with Gasteiger partial charge in [-0.3, -0.25) is 9.36 Å². The van der Waals surface area contributed by atoms with E-state index in [1.54, 1.807) is 6.20 Å². The number of hydrogen-bond acceptors (Lipinski definition) is 4. The minimum absolute atomic E-state index is 0.203. The van der Waals surface area contributed by atoms with Gasteiger partial charge in [-0.15, -0.1) is 0 Å². The zero-order chi connectivity index (χ0) is 21.3. The van der Waals surface area contributed by atoms with Crippen LogP contribution in [0.2, 0.25) is 0 Å². The summed E-state index contributed by atoms with van der Waals surface area (Å²) in [5, 5.41) is 15.5. The second kappa shape index (κ2) is 10.6. The van der Waals surface area contributed by atoms with Crippen molar-refractivity contribution in [2.45, 2.75) is 26.1 Å². The van der Waals surface area contributed by atoms with Gasteiger partial charge in [-0.05, 0) is 38.2 Å². The van der Waals surface area contributed by atoms with Gasteiger partial charge in [-0.2, -0.15) is 10.2 Å². The average molecular weight is 409 g/mol. The number of hydrogen-bond donors (Lipinski definition) is 2. The molecule has 0 spiro atoms. The molecule has 0 aliphatic heterocycles. The third-order valence-corrected chi connectivity index (χ3v) is 4.96. The van der Waals surface area contributed by atoms with E-state index in [0.29, 0.717) is 6.54 Å². The molecule has 0 bridgehead atoms. The highest BCUT2D eigenvalue weighted by atomic mass is 15.3. The molecule has 1 aromatic carbocycles. The zero-order valence-electron chi connectivity index (χ0n) is 18.3. The Balaban J connectivity index is 1.69. The van der Waals surface area contributed by atoms with Crippen molar-refractivity contribution in [3.05, 3.63) is 71.8 Å². The van der Waals surface area contributed by atoms with Crippen molar-refractivity contribution in [2.24, 2.45) is 12.0 Å². The molecule has 8 heteroatoms. The van der Waals surface area contributed by atoms with Crippen molar-refractivity contribution < 1.29 is 0 Å². The summed E-state index contributed by atoms with van der Waals surface area (Å²) < 4.78 is 3.77. The maximum atomic E-state index is 4.83. The molecule has 2 aromatic heterocycles. The standard InChI is InChI=1S/C22H32N8/c1-5-23-22(25-15-21(28(2)3)20-14-27-29(4)16-20)24-13-18-9-6-7-10-19(18)17-30-12-8-11-26-30/h6-12,14,16,21H,5,13,15,17H2,1-4H3,(H2,23,24,25). The first-order valence-electron chi connectivity index (χ1n) is 10.3. The molecule has 0 amide bonds. The number of nitrogens with one attached hydrogen (secondary N) is 2. The molecule has 160 valence electrons. The molecule has 0 aliphatic carbocycles. The molecule has 2 N–H and O–H groups in total. The Bertz CT molecular complexity index is 926. The topological polar surface area (TPSA) is 75.3 Å². The Kier molecular flexibility index (Phi) is 7.62. The Morgan fingerprint density at radius 2 is 1.93 bits per heavy atom. The summed E-state index contributed by atoms with van der Waals surface area (Å²) in [7, 11) is 6.10. The lowest BCUT2D eigenvalue weighted by Crippen LogP contribution is -2.41. The summed E-state index contributed by atoms with van der Waals surface area (Å²) in [5.41, 5.74) is 3.60. The molecule has 3 rings (SSSR count). The summed E-state index contributed by atoms with van der Waals surface area (Å²) in [6.45, 7) is 4.96. The van der Waals surface area contributed by atoms with E-state index in [1.165, 1.54) is 16.7 Å². The van der Waals surface area contributed by atoms with Crippen molar-refractivity contribution >= 4 is 5.96 Å². The molecule has 30 heavy (non-hydrogen) atoms. The van der Waals surface area contributed by atoms with Gasteiger partial charge in [0, 0.05) is 44.3 Å². The van der Waals surface area contributed by atoms with Crippen LogP contribution in [-0.2, 0) is 20.1 Å². The van der Waals surface area contributed by atoms with Crippen LogP contribution in [0.3, 0.4) is 0 Å². The van der Waals surface area contributed by atoms with Gasteiger partial charge in [0.05, 0.1) is 25.3 Å². The van der Waals surface area contributed by atoms with Gasteiger partial charge >= 0.3 is 0 Å². The predicted molar refractivity (Wildman–Crippen MR) is 120 cm³/mol. The number of likely N-dealkylation sites (N-methyl/N-ethyl adjacent to an activating group) is 1. The van der Waals surface area contributed by atoms with Gasteiger partial charge < -0.3 is 15.5 Å². The minimum Gasteiger partial charge on any atom is -0.357 e. The van der Waals surface area contributed by atoms with E-state index in [2.05, 4.69) is 77.2 Å². The summed E-state index contributed by atoms with van der Waals surface area (Å²) in [6, 6.07) is 10.5. The summed E-state index contributed by atoms with van der Waals surface area (Å²) in [6.07, 6.45) is 7.76. The molecule has 8 nitrogen and oxygen atoms in total. The van der Waals surface area contributed by atoms with Crippen LogP contribution in [0.15, 0.2) is 60.1 Å². The average Bonchev–Trinajstić information content (AvgIpc) is 3.39. The van der Waals surface area contributed by atoms with Crippen LogP contribution in [-0.4, -0.2) is 57.6 Å². The highest BCUT2D eigenvalue weighted by Gasteiger charge is 2.16. The van der Waals surface area contributed by atoms with Crippen LogP contribution >= 0.6 is 0 Å². The van der Waals surface area contributed by atoms with E-state index in [4.69, 9.17) is 4.99 Å². The summed E-state index contributed by atoms with van der Waals surface area (Å²) in [5.74, 6) is 0.808. The summed E-state index contributed by atoms with van der Waals surface area (Å²) in [4.78, 5) is 7.02. The molecule has 1 atom stereocenters. The Morgan fingerprint density at radius 1 is 1.13 bits per heavy atom. The monoisotopic (exact) mass is 408 g/mol. The van der Waals surface area contributed by atoms with Gasteiger partial charge in [0.25, 0.3) is 0 Å². The lowest BCUT2D eigenvalue weighted by Gasteiger charge is -2.24. The van der Waals surface area contributed by atoms with Gasteiger partial charge in [0.2, 0.25) is 0 Å². The number of aliphatic imine (C=N–C) groups is 1. The van der Waals surface area contributed by atoms with Crippen LogP contribution in [0, 0.1) is 0 Å². The first kappa shape index (κ1) is 21.6. The van der Waals surface area contributed by atoms with Gasteiger partial charge in [0.15, 0.2) is 5.96 Å². The maximum Gasteiger partial charge on any atom is 0.191 e. The largest absolute Gasteiger partial charge is 0.357 e. The fourth-order valence-electron chi connectivity index (χ4n) is 3.34. The molecule has 0 saturated carbocycles. The van der Waals surface area contributed by atoms with E-state index >= 15 is 0 Å². The Morgan fingerprint density at radius 3 is 2.57 bits per heavy atom. The first-order valence-corrected chi connectivity index (χ1v) is 10.3. The van der Waals surface area contributed by atoms with E-state index in [-0.39, 0.29) is 6.04 Å². The number of aryl methyl sites for hydroxylation is 1. The van der Waals surface area contributed by atoms with Crippen LogP contribution in [0.5, 0.6) is 0 Å². The third-order valence-electron chi connectivity index (χ3n) is 4.96. The quantitative estimate of drug-likeness (QED) is 0.419. The fraction of sp³-hybridized carbons (Fsp3) is 0.409. The lowest BCUT2D eigenvalue weighted by molar-refractivity contribution is 0.298. The normalized spacial score (nSPS) is 12.9. The van der Waals surface area contributed by atoms with Crippen molar-refractivity contribution in [3.63, 3.8) is 0 Å². The molecular formula is C22H32N8. The molecule has 0 aliphatic rings. The zero-order valence-corrected chi connectivity index (χ0v) is 18.3. The molecule has 2 heterocycles. The number of benzene rings is 1. The molecule has 1 unspecified atom stereocenters. The van der Waals surface area contributed by atoms with E-state index in [1.807, 2.05) is 34.9 Å². The van der Waals surface area contributed by atoms with Gasteiger partial charge in [-0.25, -0.2) is 4.99 Å². The van der Waals surface area contributed by atoms with Crippen molar-refractivity contribution in [1.29, 1.82) is 0 Å². The molecule has 0 fully saturated rings. The molecular weight excluding hydrogens is 376 g/mol. The second-order valence-electron chi connectivity index (χ2n) is 7.48. The maximum absolute atomic E-state index is 4.83. The number of nitrogens with zero attached hydrogens (tertiary/aromatic N) is 6. The van der Waals surface area contributed by atoms with Crippen LogP contribution < -0.4 is 10.6 Å². The van der Waals surface area contributed by atoms with E-state index < -0.39 is 0 Å². The highest BCUT2D eigenvalue weighted by molar-refractivity contribution is 5.79.